The van der Waals surface area contributed by atoms with Gasteiger partial charge in [0.15, 0.2) is 0 Å². The maximum Gasteiger partial charge on any atom is 0.254 e. The average molecular weight is 446 g/mol. The molecule has 1 aromatic carbocycles. The number of hydrogen-bond acceptors (Lipinski definition) is 6. The highest BCUT2D eigenvalue weighted by atomic mass is 16.5. The van der Waals surface area contributed by atoms with E-state index in [9.17, 15) is 9.59 Å². The first-order chi connectivity index (χ1) is 15.8. The van der Waals surface area contributed by atoms with E-state index in [0.29, 0.717) is 6.61 Å². The third-order valence-electron chi connectivity index (χ3n) is 6.59. The second-order valence-electron chi connectivity index (χ2n) is 9.14. The van der Waals surface area contributed by atoms with E-state index in [2.05, 4.69) is 14.9 Å². The predicted molar refractivity (Wildman–Crippen MR) is 126 cm³/mol. The molecule has 2 amide bonds. The van der Waals surface area contributed by atoms with Gasteiger partial charge in [0, 0.05) is 36.3 Å². The smallest absolute Gasteiger partial charge is 0.254 e. The number of rotatable bonds is 7. The second-order valence-corrected chi connectivity index (χ2v) is 9.14. The number of carbonyl (C=O) groups is 2. The molecule has 0 atom stereocenters. The number of amides is 2. The van der Waals surface area contributed by atoms with Crippen molar-refractivity contribution in [1.29, 1.82) is 0 Å². The summed E-state index contributed by atoms with van der Waals surface area (Å²) < 4.78 is 5.74. The number of fused-ring (bicyclic) bond motifs is 4. The summed E-state index contributed by atoms with van der Waals surface area (Å²) >= 11 is 0. The molecule has 3 aromatic rings. The Kier molecular flexibility index (Phi) is 5.05. The lowest BCUT2D eigenvalue weighted by molar-refractivity contribution is -0.119. The largest absolute Gasteiger partial charge is 0.477 e. The zero-order valence-corrected chi connectivity index (χ0v) is 19.1. The van der Waals surface area contributed by atoms with Gasteiger partial charge in [0.05, 0.1) is 29.4 Å². The van der Waals surface area contributed by atoms with Crippen LogP contribution in [0.15, 0.2) is 36.7 Å². The van der Waals surface area contributed by atoms with Crippen molar-refractivity contribution in [2.24, 2.45) is 5.73 Å². The van der Waals surface area contributed by atoms with Gasteiger partial charge in [-0.1, -0.05) is 6.07 Å². The second kappa shape index (κ2) is 7.81. The van der Waals surface area contributed by atoms with E-state index in [-0.39, 0.29) is 17.4 Å². The Hall–Kier alpha value is -3.52. The number of hydrogen-bond donors (Lipinski definition) is 1. The number of pyridine rings is 2. The van der Waals surface area contributed by atoms with Gasteiger partial charge in [-0.05, 0) is 57.1 Å². The molecule has 1 aliphatic heterocycles. The highest BCUT2D eigenvalue weighted by molar-refractivity contribution is 6.14. The fraction of sp³-hybridized carbons (Fsp3) is 0.360. The molecule has 0 saturated heterocycles. The number of benzene rings is 1. The van der Waals surface area contributed by atoms with E-state index < -0.39 is 11.3 Å². The van der Waals surface area contributed by atoms with Crippen molar-refractivity contribution >= 4 is 28.4 Å². The van der Waals surface area contributed by atoms with Gasteiger partial charge in [-0.3, -0.25) is 14.6 Å². The first kappa shape index (κ1) is 21.3. The summed E-state index contributed by atoms with van der Waals surface area (Å²) in [5, 5.41) is 0.963. The molecule has 5 rings (SSSR count). The van der Waals surface area contributed by atoms with E-state index >= 15 is 0 Å². The van der Waals surface area contributed by atoms with Gasteiger partial charge in [-0.25, -0.2) is 4.98 Å². The van der Waals surface area contributed by atoms with Crippen LogP contribution in [0.3, 0.4) is 0 Å². The number of carbonyl (C=O) groups excluding carboxylic acids is 2. The summed E-state index contributed by atoms with van der Waals surface area (Å²) in [6.45, 7) is 1.32. The van der Waals surface area contributed by atoms with E-state index in [1.54, 1.807) is 23.4 Å². The highest BCUT2D eigenvalue weighted by Crippen LogP contribution is 2.58. The van der Waals surface area contributed by atoms with Crippen LogP contribution in [0.5, 0.6) is 5.88 Å². The lowest BCUT2D eigenvalue weighted by atomic mass is 9.92. The van der Waals surface area contributed by atoms with Gasteiger partial charge < -0.3 is 20.3 Å². The van der Waals surface area contributed by atoms with E-state index in [4.69, 9.17) is 10.5 Å². The maximum atomic E-state index is 12.9. The quantitative estimate of drug-likeness (QED) is 0.561. The van der Waals surface area contributed by atoms with Crippen LogP contribution in [0.4, 0.5) is 5.69 Å². The van der Waals surface area contributed by atoms with Gasteiger partial charge in [0.25, 0.3) is 5.91 Å². The summed E-state index contributed by atoms with van der Waals surface area (Å²) in [6, 6.07) is 7.65. The predicted octanol–water partition coefficient (Wildman–Crippen LogP) is 2.73. The number of likely N-dealkylation sites (N-methyl/N-ethyl adjacent to an activating group) is 1. The fourth-order valence-corrected chi connectivity index (χ4v) is 4.70. The molecule has 2 aliphatic rings. The van der Waals surface area contributed by atoms with Gasteiger partial charge in [0.2, 0.25) is 11.8 Å². The number of anilines is 1. The van der Waals surface area contributed by atoms with Crippen molar-refractivity contribution < 1.29 is 14.3 Å². The molecule has 0 bridgehead atoms. The third kappa shape index (κ3) is 3.51. The Morgan fingerprint density at radius 2 is 1.97 bits per heavy atom. The maximum absolute atomic E-state index is 12.9. The molecule has 0 unspecified atom stereocenters. The lowest BCUT2D eigenvalue weighted by Gasteiger charge is -2.13. The molecule has 3 heterocycles. The van der Waals surface area contributed by atoms with Crippen LogP contribution in [0.2, 0.25) is 0 Å². The Labute approximate surface area is 192 Å². The topological polar surface area (TPSA) is 102 Å². The molecule has 8 nitrogen and oxygen atoms in total. The van der Waals surface area contributed by atoms with Crippen molar-refractivity contribution in [3.63, 3.8) is 0 Å². The summed E-state index contributed by atoms with van der Waals surface area (Å²) in [5.41, 5.74) is 9.89. The van der Waals surface area contributed by atoms with Crippen LogP contribution >= 0.6 is 0 Å². The Morgan fingerprint density at radius 1 is 1.18 bits per heavy atom. The minimum atomic E-state index is -0.584. The molecule has 2 N–H and O–H groups in total. The molecule has 8 heteroatoms. The first-order valence-corrected chi connectivity index (χ1v) is 11.1. The molecular weight excluding hydrogens is 418 g/mol. The van der Waals surface area contributed by atoms with Crippen LogP contribution < -0.4 is 15.4 Å². The van der Waals surface area contributed by atoms with Crippen LogP contribution in [0, 0.1) is 0 Å². The number of aromatic nitrogens is 2. The highest BCUT2D eigenvalue weighted by Gasteiger charge is 2.59. The minimum absolute atomic E-state index is 0.144. The van der Waals surface area contributed by atoms with Crippen LogP contribution in [0.25, 0.3) is 22.0 Å². The Balaban J connectivity index is 1.52. The standard InChI is InChI=1S/C25H27N5O3/c1-29(2)9-4-10-33-23-18(22(26)31)12-16(13-28-23)15-5-6-19-17(11-15)21-20(14-27-19)30(3)24(32)25(21)7-8-25/h5-6,11-14H,4,7-10H2,1-3H3,(H2,26,31). The third-order valence-corrected chi connectivity index (χ3v) is 6.59. The molecule has 2 aromatic heterocycles. The van der Waals surface area contributed by atoms with E-state index in [1.807, 2.05) is 39.3 Å². The molecule has 170 valence electrons. The lowest BCUT2D eigenvalue weighted by Crippen LogP contribution is -2.28. The number of ether oxygens (including phenoxy) is 1. The van der Waals surface area contributed by atoms with Gasteiger partial charge in [-0.15, -0.1) is 0 Å². The van der Waals surface area contributed by atoms with Gasteiger partial charge in [-0.2, -0.15) is 0 Å². The summed E-state index contributed by atoms with van der Waals surface area (Å²) in [7, 11) is 5.80. The van der Waals surface area contributed by atoms with Gasteiger partial charge >= 0.3 is 0 Å². The molecule has 1 fully saturated rings. The van der Waals surface area contributed by atoms with Crippen LogP contribution in [-0.2, 0) is 10.2 Å². The van der Waals surface area contributed by atoms with Gasteiger partial charge in [0.1, 0.15) is 5.56 Å². The number of nitrogens with two attached hydrogens (primary N) is 1. The SMILES string of the molecule is CN(C)CCCOc1ncc(-c2ccc3ncc4c(c3c2)C2(CC2)C(=O)N4C)cc1C(N)=O. The minimum Gasteiger partial charge on any atom is -0.477 e. The van der Waals surface area contributed by atoms with Crippen molar-refractivity contribution in [3.8, 4) is 17.0 Å². The zero-order chi connectivity index (χ0) is 23.3. The number of nitrogens with zero attached hydrogens (tertiary/aromatic N) is 4. The fourth-order valence-electron chi connectivity index (χ4n) is 4.70. The average Bonchev–Trinajstić information content (AvgIpc) is 3.57. The summed E-state index contributed by atoms with van der Waals surface area (Å²) in [5.74, 6) is -0.192. The number of primary amides is 1. The van der Waals surface area contributed by atoms with Crippen molar-refractivity contribution in [1.82, 2.24) is 14.9 Å². The van der Waals surface area contributed by atoms with Crippen molar-refractivity contribution in [2.45, 2.75) is 24.7 Å². The normalized spacial score (nSPS) is 16.0. The van der Waals surface area contributed by atoms with E-state index in [1.165, 1.54) is 0 Å². The summed E-state index contributed by atoms with van der Waals surface area (Å²) in [4.78, 5) is 37.7. The monoisotopic (exact) mass is 445 g/mol. The van der Waals surface area contributed by atoms with Crippen molar-refractivity contribution in [3.05, 3.63) is 47.8 Å². The molecule has 1 saturated carbocycles. The van der Waals surface area contributed by atoms with Crippen molar-refractivity contribution in [2.75, 3.05) is 39.2 Å². The Morgan fingerprint density at radius 3 is 2.67 bits per heavy atom. The van der Waals surface area contributed by atoms with E-state index in [0.717, 1.165) is 59.1 Å². The first-order valence-electron chi connectivity index (χ1n) is 11.1. The molecule has 1 aliphatic carbocycles. The molecule has 33 heavy (non-hydrogen) atoms. The molecule has 1 spiro atoms. The zero-order valence-electron chi connectivity index (χ0n) is 19.1. The molecular formula is C25H27N5O3. The Bertz CT molecular complexity index is 1280. The summed E-state index contributed by atoms with van der Waals surface area (Å²) in [6.07, 6.45) is 6.01. The van der Waals surface area contributed by atoms with Crippen LogP contribution in [0.1, 0.15) is 35.2 Å². The van der Waals surface area contributed by atoms with Crippen LogP contribution in [-0.4, -0.2) is 61.0 Å². The molecule has 0 radical (unpaired) electrons.